The summed E-state index contributed by atoms with van der Waals surface area (Å²) < 4.78 is 6.95. The van der Waals surface area contributed by atoms with Crippen molar-refractivity contribution in [3.63, 3.8) is 0 Å². The van der Waals surface area contributed by atoms with E-state index in [0.29, 0.717) is 28.9 Å². The highest BCUT2D eigenvalue weighted by atomic mass is 16.5. The van der Waals surface area contributed by atoms with Gasteiger partial charge in [0.1, 0.15) is 0 Å². The Bertz CT molecular complexity index is 1340. The normalized spacial score (nSPS) is 19.2. The molecule has 1 saturated carbocycles. The van der Waals surface area contributed by atoms with Crippen LogP contribution in [0, 0.1) is 19.8 Å². The number of nitrogens with one attached hydrogen (secondary N) is 1. The Balaban J connectivity index is 1.35. The number of nitrogens with zero attached hydrogens (tertiary/aromatic N) is 4. The van der Waals surface area contributed by atoms with E-state index in [4.69, 9.17) is 4.52 Å². The molecule has 35 heavy (non-hydrogen) atoms. The van der Waals surface area contributed by atoms with Gasteiger partial charge in [-0.25, -0.2) is 4.52 Å². The van der Waals surface area contributed by atoms with Crippen molar-refractivity contribution in [3.05, 3.63) is 65.3 Å². The summed E-state index contributed by atoms with van der Waals surface area (Å²) in [4.78, 5) is 17.5. The van der Waals surface area contributed by atoms with Gasteiger partial charge in [0.2, 0.25) is 11.7 Å². The second kappa shape index (κ2) is 10.0. The van der Waals surface area contributed by atoms with Gasteiger partial charge >= 0.3 is 0 Å². The van der Waals surface area contributed by atoms with E-state index in [1.807, 2.05) is 35.7 Å². The number of aromatic nitrogens is 4. The molecule has 0 saturated heterocycles. The number of hydrogen-bond acceptors (Lipinski definition) is 5. The molecular formula is C28H33N5O2. The zero-order chi connectivity index (χ0) is 24.4. The number of aryl methyl sites for hydroxylation is 2. The van der Waals surface area contributed by atoms with Crippen LogP contribution in [0.1, 0.15) is 85.2 Å². The van der Waals surface area contributed by atoms with Crippen LogP contribution in [0.15, 0.2) is 47.2 Å². The number of benzene rings is 1. The molecule has 1 N–H and O–H groups in total. The molecule has 0 radical (unpaired) electrons. The van der Waals surface area contributed by atoms with Crippen LogP contribution in [-0.2, 0) is 0 Å². The molecule has 5 rings (SSSR count). The van der Waals surface area contributed by atoms with Gasteiger partial charge in [-0.2, -0.15) is 10.1 Å². The molecule has 3 heterocycles. The van der Waals surface area contributed by atoms with Crippen molar-refractivity contribution < 1.29 is 9.32 Å². The van der Waals surface area contributed by atoms with Gasteiger partial charge in [-0.05, 0) is 54.9 Å². The lowest BCUT2D eigenvalue weighted by molar-refractivity contribution is 0.102. The first-order valence-corrected chi connectivity index (χ1v) is 12.7. The van der Waals surface area contributed by atoms with Crippen LogP contribution >= 0.6 is 0 Å². The van der Waals surface area contributed by atoms with Crippen molar-refractivity contribution in [3.8, 4) is 11.4 Å². The highest BCUT2D eigenvalue weighted by Crippen LogP contribution is 2.32. The molecule has 0 bridgehead atoms. The zero-order valence-corrected chi connectivity index (χ0v) is 20.8. The molecule has 1 fully saturated rings. The molecule has 7 heteroatoms. The summed E-state index contributed by atoms with van der Waals surface area (Å²) in [6.45, 7) is 6.09. The van der Waals surface area contributed by atoms with Gasteiger partial charge in [0, 0.05) is 24.4 Å². The summed E-state index contributed by atoms with van der Waals surface area (Å²) in [5.74, 6) is 2.21. The second-order valence-electron chi connectivity index (χ2n) is 9.99. The molecule has 0 aliphatic heterocycles. The Morgan fingerprint density at radius 2 is 1.86 bits per heavy atom. The lowest BCUT2D eigenvalue weighted by Gasteiger charge is -2.16. The Morgan fingerprint density at radius 3 is 2.69 bits per heavy atom. The fraction of sp³-hybridized carbons (Fsp3) is 0.429. The quantitative estimate of drug-likeness (QED) is 0.357. The first kappa shape index (κ1) is 23.3. The topological polar surface area (TPSA) is 85.3 Å². The molecule has 2 unspecified atom stereocenters. The molecule has 0 spiro atoms. The third-order valence-electron chi connectivity index (χ3n) is 7.28. The molecule has 2 atom stereocenters. The van der Waals surface area contributed by atoms with Gasteiger partial charge in [-0.1, -0.05) is 62.4 Å². The number of carbonyl (C=O) groups is 1. The van der Waals surface area contributed by atoms with E-state index < -0.39 is 0 Å². The zero-order valence-electron chi connectivity index (χ0n) is 20.8. The fourth-order valence-electron chi connectivity index (χ4n) is 5.14. The molecule has 3 aromatic heterocycles. The summed E-state index contributed by atoms with van der Waals surface area (Å²) in [5.41, 5.74) is 5.14. The summed E-state index contributed by atoms with van der Waals surface area (Å²) in [6.07, 6.45) is 12.8. The monoisotopic (exact) mass is 471 g/mol. The minimum atomic E-state index is -0.186. The standard InChI is InChI=1S/C28H33N5O2/c1-18-7-4-5-9-21(10-6-8-18)23-13-14-26-24(16-29-33(26)17-23)28(34)31-25-15-22(12-11-19(25)2)27-30-20(3)35-32-27/h11-18,21H,4-10H2,1-3H3,(H,31,34). The van der Waals surface area contributed by atoms with Gasteiger partial charge in [0.05, 0.1) is 17.3 Å². The Morgan fingerprint density at radius 1 is 1.06 bits per heavy atom. The van der Waals surface area contributed by atoms with Crippen LogP contribution in [0.4, 0.5) is 5.69 Å². The number of fused-ring (bicyclic) bond motifs is 1. The number of rotatable bonds is 4. The van der Waals surface area contributed by atoms with Crippen molar-refractivity contribution in [2.75, 3.05) is 5.32 Å². The minimum Gasteiger partial charge on any atom is -0.339 e. The van der Waals surface area contributed by atoms with Crippen LogP contribution in [0.25, 0.3) is 16.9 Å². The predicted molar refractivity (Wildman–Crippen MR) is 137 cm³/mol. The van der Waals surface area contributed by atoms with E-state index in [-0.39, 0.29) is 5.91 Å². The van der Waals surface area contributed by atoms with Crippen molar-refractivity contribution in [1.82, 2.24) is 19.8 Å². The third kappa shape index (κ3) is 5.14. The lowest BCUT2D eigenvalue weighted by atomic mass is 9.90. The minimum absolute atomic E-state index is 0.186. The van der Waals surface area contributed by atoms with Crippen LogP contribution in [-0.4, -0.2) is 25.7 Å². The lowest BCUT2D eigenvalue weighted by Crippen LogP contribution is -2.12. The average molecular weight is 472 g/mol. The van der Waals surface area contributed by atoms with Crippen molar-refractivity contribution in [2.24, 2.45) is 5.92 Å². The van der Waals surface area contributed by atoms with E-state index in [9.17, 15) is 4.79 Å². The maximum Gasteiger partial charge on any atom is 0.259 e. The highest BCUT2D eigenvalue weighted by molar-refractivity contribution is 6.09. The number of anilines is 1. The van der Waals surface area contributed by atoms with Gasteiger partial charge in [-0.15, -0.1) is 0 Å². The Kier molecular flexibility index (Phi) is 6.66. The fourth-order valence-corrected chi connectivity index (χ4v) is 5.14. The first-order chi connectivity index (χ1) is 17.0. The van der Waals surface area contributed by atoms with E-state index in [2.05, 4.69) is 39.7 Å². The molecule has 4 aromatic rings. The predicted octanol–water partition coefficient (Wildman–Crippen LogP) is 6.72. The molecule has 7 nitrogen and oxygen atoms in total. The summed E-state index contributed by atoms with van der Waals surface area (Å²) in [5, 5.41) is 11.6. The van der Waals surface area contributed by atoms with E-state index in [1.165, 1.54) is 50.5 Å². The number of carbonyl (C=O) groups excluding carboxylic acids is 1. The van der Waals surface area contributed by atoms with Gasteiger partial charge in [-0.3, -0.25) is 4.79 Å². The summed E-state index contributed by atoms with van der Waals surface area (Å²) in [7, 11) is 0. The number of hydrogen-bond donors (Lipinski definition) is 1. The van der Waals surface area contributed by atoms with Crippen LogP contribution in [0.2, 0.25) is 0 Å². The van der Waals surface area contributed by atoms with Gasteiger partial charge < -0.3 is 9.84 Å². The molecule has 1 aliphatic carbocycles. The van der Waals surface area contributed by atoms with Crippen molar-refractivity contribution in [1.29, 1.82) is 0 Å². The van der Waals surface area contributed by atoms with Crippen LogP contribution < -0.4 is 5.32 Å². The Labute approximate surface area is 205 Å². The second-order valence-corrected chi connectivity index (χ2v) is 9.99. The molecule has 1 aliphatic rings. The number of amides is 1. The van der Waals surface area contributed by atoms with Crippen LogP contribution in [0.3, 0.4) is 0 Å². The third-order valence-corrected chi connectivity index (χ3v) is 7.28. The maximum absolute atomic E-state index is 13.2. The molecule has 182 valence electrons. The van der Waals surface area contributed by atoms with Crippen molar-refractivity contribution >= 4 is 17.1 Å². The average Bonchev–Trinajstić information content (AvgIpc) is 3.49. The number of pyridine rings is 1. The Hall–Kier alpha value is -3.48. The largest absolute Gasteiger partial charge is 0.339 e. The van der Waals surface area contributed by atoms with E-state index in [1.54, 1.807) is 13.1 Å². The van der Waals surface area contributed by atoms with E-state index in [0.717, 1.165) is 22.6 Å². The smallest absolute Gasteiger partial charge is 0.259 e. The summed E-state index contributed by atoms with van der Waals surface area (Å²) >= 11 is 0. The molecular weight excluding hydrogens is 438 g/mol. The van der Waals surface area contributed by atoms with Crippen LogP contribution in [0.5, 0.6) is 0 Å². The first-order valence-electron chi connectivity index (χ1n) is 12.7. The van der Waals surface area contributed by atoms with Gasteiger partial charge in [0.25, 0.3) is 5.91 Å². The summed E-state index contributed by atoms with van der Waals surface area (Å²) in [6, 6.07) is 9.96. The van der Waals surface area contributed by atoms with Crippen molar-refractivity contribution in [2.45, 2.75) is 71.6 Å². The molecule has 1 amide bonds. The highest BCUT2D eigenvalue weighted by Gasteiger charge is 2.19. The SMILES string of the molecule is Cc1nc(-c2ccc(C)c(NC(=O)c3cnn4cc(C5CCCCC(C)CCC5)ccc34)c2)no1. The maximum atomic E-state index is 13.2. The van der Waals surface area contributed by atoms with E-state index >= 15 is 0 Å². The molecule has 1 aromatic carbocycles. The van der Waals surface area contributed by atoms with Gasteiger partial charge in [0.15, 0.2) is 0 Å².